The number of fused-ring (bicyclic) bond motifs is 1. The van der Waals surface area contributed by atoms with Gasteiger partial charge in [-0.25, -0.2) is 9.67 Å². The Morgan fingerprint density at radius 3 is 2.73 bits per heavy atom. The summed E-state index contributed by atoms with van der Waals surface area (Å²) >= 11 is 11.9. The number of carbonyl (C=O) groups is 1. The highest BCUT2D eigenvalue weighted by Gasteiger charge is 2.57. The summed E-state index contributed by atoms with van der Waals surface area (Å²) in [5.41, 5.74) is 1.21. The van der Waals surface area contributed by atoms with E-state index in [9.17, 15) is 4.79 Å². The molecule has 1 fully saturated rings. The average Bonchev–Trinajstić information content (AvgIpc) is 3.07. The fourth-order valence-corrected chi connectivity index (χ4v) is 4.05. The number of halogens is 2. The zero-order chi connectivity index (χ0) is 18.6. The second-order valence-electron chi connectivity index (χ2n) is 6.85. The number of nitrogens with zero attached hydrogens (tertiary/aromatic N) is 4. The van der Waals surface area contributed by atoms with Crippen molar-refractivity contribution in [2.24, 2.45) is 11.3 Å². The van der Waals surface area contributed by atoms with E-state index in [2.05, 4.69) is 10.1 Å². The lowest BCUT2D eigenvalue weighted by atomic mass is 9.70. The Morgan fingerprint density at radius 1 is 1.46 bits per heavy atom. The van der Waals surface area contributed by atoms with Crippen LogP contribution in [0.25, 0.3) is 5.82 Å². The lowest BCUT2D eigenvalue weighted by Crippen LogP contribution is -2.39. The van der Waals surface area contributed by atoms with Gasteiger partial charge in [-0.1, -0.05) is 35.4 Å². The molecular weight excluding hydrogens is 373 g/mol. The van der Waals surface area contributed by atoms with Crippen molar-refractivity contribution in [1.82, 2.24) is 19.7 Å². The minimum atomic E-state index is -0.652. The number of aromatic nitrogens is 3. The lowest BCUT2D eigenvalue weighted by molar-refractivity contribution is -0.131. The molecule has 3 unspecified atom stereocenters. The van der Waals surface area contributed by atoms with Gasteiger partial charge in [0.25, 0.3) is 0 Å². The molecule has 2 aromatic heterocycles. The number of likely N-dealkylation sites (tertiary alicyclic amines) is 1. The lowest BCUT2D eigenvalue weighted by Gasteiger charge is -2.33. The molecule has 1 saturated heterocycles. The Hall–Kier alpha value is -2.18. The van der Waals surface area contributed by atoms with E-state index < -0.39 is 5.41 Å². The van der Waals surface area contributed by atoms with Gasteiger partial charge in [-0.2, -0.15) is 5.10 Å². The number of pyridine rings is 1. The van der Waals surface area contributed by atoms with Crippen LogP contribution >= 0.6 is 23.2 Å². The summed E-state index contributed by atoms with van der Waals surface area (Å²) in [5, 5.41) is 12.6. The molecule has 1 aliphatic carbocycles. The van der Waals surface area contributed by atoms with Crippen molar-refractivity contribution in [3.63, 3.8) is 0 Å². The number of aryl methyl sites for hydroxylation is 1. The van der Waals surface area contributed by atoms with Gasteiger partial charge in [0, 0.05) is 12.7 Å². The molecule has 2 aromatic rings. The Balaban J connectivity index is 1.61. The number of nitrogens with one attached hydrogen (secondary N) is 1. The molecule has 0 radical (unpaired) electrons. The highest BCUT2D eigenvalue weighted by Crippen LogP contribution is 2.50. The van der Waals surface area contributed by atoms with Crippen LogP contribution in [0, 0.1) is 23.7 Å². The standard InChI is InChI=1S/C18H17Cl2N5O/c1-10-5-12(6-22-15(10)25-8-13(19)7-23-25)11(2)24-9-18(17(20)21)4-3-14(18)16(24)26/h3-8,11,14,21H,9H2,1-2H3. The summed E-state index contributed by atoms with van der Waals surface area (Å²) in [4.78, 5) is 19.0. The zero-order valence-electron chi connectivity index (χ0n) is 14.3. The minimum Gasteiger partial charge on any atom is -0.334 e. The molecule has 2 aliphatic rings. The van der Waals surface area contributed by atoms with Crippen LogP contribution in [0.5, 0.6) is 0 Å². The smallest absolute Gasteiger partial charge is 0.231 e. The molecule has 6 nitrogen and oxygen atoms in total. The molecule has 134 valence electrons. The SMILES string of the molecule is Cc1cc(C(C)N2CC3(C(=N)Cl)C=CC3C2=O)cnc1-n1cc(Cl)cn1. The van der Waals surface area contributed by atoms with Crippen molar-refractivity contribution < 1.29 is 4.79 Å². The maximum absolute atomic E-state index is 12.7. The monoisotopic (exact) mass is 389 g/mol. The van der Waals surface area contributed by atoms with Crippen molar-refractivity contribution in [2.45, 2.75) is 19.9 Å². The average molecular weight is 390 g/mol. The van der Waals surface area contributed by atoms with E-state index in [1.165, 1.54) is 0 Å². The summed E-state index contributed by atoms with van der Waals surface area (Å²) in [6.07, 6.45) is 8.71. The normalized spacial score (nSPS) is 25.2. The highest BCUT2D eigenvalue weighted by molar-refractivity contribution is 6.66. The minimum absolute atomic E-state index is 0.00554. The Morgan fingerprint density at radius 2 is 2.23 bits per heavy atom. The van der Waals surface area contributed by atoms with Crippen LogP contribution in [0.1, 0.15) is 24.1 Å². The van der Waals surface area contributed by atoms with Gasteiger partial charge >= 0.3 is 0 Å². The van der Waals surface area contributed by atoms with Gasteiger partial charge in [-0.3, -0.25) is 10.2 Å². The van der Waals surface area contributed by atoms with Gasteiger partial charge in [-0.15, -0.1) is 0 Å². The second-order valence-corrected chi connectivity index (χ2v) is 7.66. The van der Waals surface area contributed by atoms with Crippen LogP contribution in [0.2, 0.25) is 5.02 Å². The van der Waals surface area contributed by atoms with Crippen LogP contribution in [-0.2, 0) is 4.79 Å². The number of rotatable bonds is 4. The molecule has 1 N–H and O–H groups in total. The van der Waals surface area contributed by atoms with Crippen molar-refractivity contribution in [3.8, 4) is 5.82 Å². The van der Waals surface area contributed by atoms with Gasteiger partial charge in [0.2, 0.25) is 5.91 Å². The number of hydrogen-bond donors (Lipinski definition) is 1. The van der Waals surface area contributed by atoms with Gasteiger partial charge in [0.1, 0.15) is 5.17 Å². The van der Waals surface area contributed by atoms with Crippen molar-refractivity contribution in [2.75, 3.05) is 6.54 Å². The summed E-state index contributed by atoms with van der Waals surface area (Å²) < 4.78 is 1.63. The summed E-state index contributed by atoms with van der Waals surface area (Å²) in [6, 6.07) is 1.84. The molecule has 1 aliphatic heterocycles. The maximum atomic E-state index is 12.7. The Labute approximate surface area is 160 Å². The van der Waals surface area contributed by atoms with Crippen LogP contribution < -0.4 is 0 Å². The predicted octanol–water partition coefficient (Wildman–Crippen LogP) is 3.52. The summed E-state index contributed by atoms with van der Waals surface area (Å²) in [6.45, 7) is 4.34. The third-order valence-corrected chi connectivity index (χ3v) is 5.87. The topological polar surface area (TPSA) is 74.9 Å². The highest BCUT2D eigenvalue weighted by atomic mass is 35.5. The van der Waals surface area contributed by atoms with Crippen molar-refractivity contribution >= 4 is 34.3 Å². The van der Waals surface area contributed by atoms with E-state index in [4.69, 9.17) is 28.6 Å². The molecular formula is C18H17Cl2N5O. The van der Waals surface area contributed by atoms with Crippen LogP contribution in [0.4, 0.5) is 0 Å². The third kappa shape index (κ3) is 2.40. The summed E-state index contributed by atoms with van der Waals surface area (Å²) in [5.74, 6) is 0.377. The molecule has 4 rings (SSSR count). The van der Waals surface area contributed by atoms with E-state index in [1.807, 2.05) is 32.1 Å². The zero-order valence-corrected chi connectivity index (χ0v) is 15.8. The Bertz CT molecular complexity index is 953. The maximum Gasteiger partial charge on any atom is 0.231 e. The first kappa shape index (κ1) is 17.2. The Kier molecular flexibility index (Phi) is 3.93. The summed E-state index contributed by atoms with van der Waals surface area (Å²) in [7, 11) is 0. The molecule has 0 bridgehead atoms. The fraction of sp³-hybridized carbons (Fsp3) is 0.333. The first-order valence-electron chi connectivity index (χ1n) is 8.25. The largest absolute Gasteiger partial charge is 0.334 e. The van der Waals surface area contributed by atoms with E-state index in [0.717, 1.165) is 11.1 Å². The van der Waals surface area contributed by atoms with Gasteiger partial charge in [0.05, 0.1) is 34.8 Å². The molecule has 0 saturated carbocycles. The van der Waals surface area contributed by atoms with Crippen LogP contribution in [-0.4, -0.2) is 37.3 Å². The number of hydrogen-bond acceptors (Lipinski definition) is 4. The predicted molar refractivity (Wildman–Crippen MR) is 99.9 cm³/mol. The first-order chi connectivity index (χ1) is 12.3. The molecule has 8 heteroatoms. The van der Waals surface area contributed by atoms with Gasteiger partial charge in [0.15, 0.2) is 5.82 Å². The van der Waals surface area contributed by atoms with Gasteiger partial charge in [-0.05, 0) is 31.0 Å². The fourth-order valence-electron chi connectivity index (χ4n) is 3.68. The molecule has 3 heterocycles. The van der Waals surface area contributed by atoms with E-state index >= 15 is 0 Å². The van der Waals surface area contributed by atoms with Gasteiger partial charge < -0.3 is 4.90 Å². The second kappa shape index (κ2) is 5.93. The van der Waals surface area contributed by atoms with Crippen LogP contribution in [0.3, 0.4) is 0 Å². The third-order valence-electron chi connectivity index (χ3n) is 5.32. The van der Waals surface area contributed by atoms with Crippen LogP contribution in [0.15, 0.2) is 36.8 Å². The van der Waals surface area contributed by atoms with E-state index in [-0.39, 0.29) is 23.0 Å². The molecule has 0 aromatic carbocycles. The van der Waals surface area contributed by atoms with Crippen molar-refractivity contribution in [3.05, 3.63) is 53.0 Å². The molecule has 1 amide bonds. The quantitative estimate of drug-likeness (QED) is 0.641. The number of amides is 1. The molecule has 0 spiro atoms. The molecule has 3 atom stereocenters. The van der Waals surface area contributed by atoms with E-state index in [0.29, 0.717) is 17.4 Å². The van der Waals surface area contributed by atoms with E-state index in [1.54, 1.807) is 28.2 Å². The first-order valence-corrected chi connectivity index (χ1v) is 9.00. The number of carbonyl (C=O) groups excluding carboxylic acids is 1. The molecule has 26 heavy (non-hydrogen) atoms. The van der Waals surface area contributed by atoms with Crippen molar-refractivity contribution in [1.29, 1.82) is 5.41 Å².